The van der Waals surface area contributed by atoms with Crippen molar-refractivity contribution in [3.63, 3.8) is 0 Å². The monoisotopic (exact) mass is 438 g/mol. The number of aromatic nitrogens is 3. The van der Waals surface area contributed by atoms with Gasteiger partial charge in [0.1, 0.15) is 0 Å². The zero-order valence-electron chi connectivity index (χ0n) is 18.5. The third-order valence-electron chi connectivity index (χ3n) is 5.93. The van der Waals surface area contributed by atoms with Crippen molar-refractivity contribution in [3.8, 4) is 0 Å². The number of anilines is 1. The van der Waals surface area contributed by atoms with E-state index in [1.54, 1.807) is 6.20 Å². The SMILES string of the molecule is CCc1cc2ncc(CN3CCN(c4cnc(C(=O)NC)c(F)c4)[C@H](C)C3)cc2[nH]c1=O. The van der Waals surface area contributed by atoms with Gasteiger partial charge in [-0.15, -0.1) is 0 Å². The first-order valence-corrected chi connectivity index (χ1v) is 10.8. The molecule has 1 fully saturated rings. The molecule has 0 spiro atoms. The fourth-order valence-corrected chi connectivity index (χ4v) is 4.20. The summed E-state index contributed by atoms with van der Waals surface area (Å²) in [5.74, 6) is -1.16. The molecule has 3 aromatic rings. The number of aryl methyl sites for hydroxylation is 1. The van der Waals surface area contributed by atoms with Crippen LogP contribution >= 0.6 is 0 Å². The molecule has 1 amide bonds. The average Bonchev–Trinajstić information content (AvgIpc) is 2.78. The summed E-state index contributed by atoms with van der Waals surface area (Å²) in [4.78, 5) is 39.7. The van der Waals surface area contributed by atoms with Gasteiger partial charge in [0.15, 0.2) is 11.5 Å². The molecule has 4 heterocycles. The summed E-state index contributed by atoms with van der Waals surface area (Å²) in [5.41, 5.74) is 3.70. The molecule has 0 aliphatic carbocycles. The van der Waals surface area contributed by atoms with Crippen LogP contribution in [0.5, 0.6) is 0 Å². The van der Waals surface area contributed by atoms with Crippen molar-refractivity contribution >= 4 is 22.6 Å². The van der Waals surface area contributed by atoms with Crippen molar-refractivity contribution in [2.45, 2.75) is 32.9 Å². The molecule has 0 aromatic carbocycles. The number of nitrogens with one attached hydrogen (secondary N) is 2. The Hall–Kier alpha value is -3.33. The van der Waals surface area contributed by atoms with E-state index in [2.05, 4.69) is 37.0 Å². The van der Waals surface area contributed by atoms with Crippen LogP contribution in [0, 0.1) is 5.82 Å². The van der Waals surface area contributed by atoms with E-state index in [4.69, 9.17) is 0 Å². The number of rotatable bonds is 5. The first kappa shape index (κ1) is 21.9. The molecule has 0 saturated carbocycles. The molecule has 8 nitrogen and oxygen atoms in total. The Bertz CT molecular complexity index is 1210. The maximum atomic E-state index is 14.3. The number of carbonyl (C=O) groups excluding carboxylic acids is 1. The highest BCUT2D eigenvalue weighted by Crippen LogP contribution is 2.23. The first-order valence-electron chi connectivity index (χ1n) is 10.8. The third kappa shape index (κ3) is 4.34. The van der Waals surface area contributed by atoms with Crippen molar-refractivity contribution in [2.75, 3.05) is 31.6 Å². The van der Waals surface area contributed by atoms with Gasteiger partial charge in [0.2, 0.25) is 0 Å². The van der Waals surface area contributed by atoms with Crippen LogP contribution in [0.1, 0.15) is 35.5 Å². The molecule has 1 aliphatic rings. The summed E-state index contributed by atoms with van der Waals surface area (Å²) in [6.07, 6.45) is 4.08. The van der Waals surface area contributed by atoms with Crippen LogP contribution in [-0.4, -0.2) is 58.5 Å². The second-order valence-corrected chi connectivity index (χ2v) is 8.13. The summed E-state index contributed by atoms with van der Waals surface area (Å²) in [5, 5.41) is 2.39. The number of pyridine rings is 3. The number of halogens is 1. The van der Waals surface area contributed by atoms with Crippen molar-refractivity contribution < 1.29 is 9.18 Å². The second kappa shape index (κ2) is 9.04. The Morgan fingerprint density at radius 3 is 2.75 bits per heavy atom. The van der Waals surface area contributed by atoms with Gasteiger partial charge in [-0.3, -0.25) is 19.5 Å². The lowest BCUT2D eigenvalue weighted by Gasteiger charge is -2.41. The smallest absolute Gasteiger partial charge is 0.272 e. The molecule has 1 aliphatic heterocycles. The van der Waals surface area contributed by atoms with Gasteiger partial charge in [0, 0.05) is 57.1 Å². The Kier molecular flexibility index (Phi) is 6.18. The van der Waals surface area contributed by atoms with Crippen molar-refractivity contribution in [1.29, 1.82) is 0 Å². The minimum atomic E-state index is -0.626. The number of nitrogens with zero attached hydrogens (tertiary/aromatic N) is 4. The largest absolute Gasteiger partial charge is 0.365 e. The third-order valence-corrected chi connectivity index (χ3v) is 5.93. The predicted molar refractivity (Wildman–Crippen MR) is 121 cm³/mol. The Labute approximate surface area is 185 Å². The zero-order valence-corrected chi connectivity index (χ0v) is 18.5. The zero-order chi connectivity index (χ0) is 22.8. The highest BCUT2D eigenvalue weighted by molar-refractivity contribution is 5.92. The lowest BCUT2D eigenvalue weighted by Crippen LogP contribution is -2.51. The van der Waals surface area contributed by atoms with Gasteiger partial charge in [0.05, 0.1) is 22.9 Å². The highest BCUT2D eigenvalue weighted by Gasteiger charge is 2.25. The van der Waals surface area contributed by atoms with E-state index in [1.165, 1.54) is 13.1 Å². The second-order valence-electron chi connectivity index (χ2n) is 8.13. The van der Waals surface area contributed by atoms with Crippen molar-refractivity contribution in [2.24, 2.45) is 0 Å². The fourth-order valence-electron chi connectivity index (χ4n) is 4.20. The molecular weight excluding hydrogens is 411 g/mol. The van der Waals surface area contributed by atoms with Crippen LogP contribution in [0.15, 0.2) is 35.4 Å². The van der Waals surface area contributed by atoms with Gasteiger partial charge in [-0.2, -0.15) is 0 Å². The molecule has 168 valence electrons. The highest BCUT2D eigenvalue weighted by atomic mass is 19.1. The number of piperazine rings is 1. The Morgan fingerprint density at radius 1 is 1.25 bits per heavy atom. The molecule has 1 atom stereocenters. The van der Waals surface area contributed by atoms with Crippen LogP contribution in [0.2, 0.25) is 0 Å². The molecule has 0 radical (unpaired) electrons. The maximum Gasteiger partial charge on any atom is 0.272 e. The number of aromatic amines is 1. The Balaban J connectivity index is 1.45. The van der Waals surface area contributed by atoms with Gasteiger partial charge >= 0.3 is 0 Å². The van der Waals surface area contributed by atoms with E-state index in [9.17, 15) is 14.0 Å². The van der Waals surface area contributed by atoms with Crippen LogP contribution in [0.25, 0.3) is 11.0 Å². The molecule has 0 unspecified atom stereocenters. The summed E-state index contributed by atoms with van der Waals surface area (Å²) in [6, 6.07) is 5.34. The van der Waals surface area contributed by atoms with E-state index in [0.29, 0.717) is 25.2 Å². The quantitative estimate of drug-likeness (QED) is 0.634. The average molecular weight is 439 g/mol. The standard InChI is InChI=1S/C23H27FN6O2/c1-4-16-8-19-20(28-22(16)31)7-15(10-26-19)13-29-5-6-30(14(2)12-29)17-9-18(24)21(27-11-17)23(32)25-3/h7-11,14H,4-6,12-13H2,1-3H3,(H,25,32)(H,28,31)/t14-/m1/s1. The van der Waals surface area contributed by atoms with Crippen LogP contribution < -0.4 is 15.8 Å². The molecule has 4 rings (SSSR count). The fraction of sp³-hybridized carbons (Fsp3) is 0.391. The number of hydrogen-bond acceptors (Lipinski definition) is 6. The summed E-state index contributed by atoms with van der Waals surface area (Å²) < 4.78 is 14.3. The van der Waals surface area contributed by atoms with E-state index in [-0.39, 0.29) is 17.3 Å². The first-order chi connectivity index (χ1) is 15.4. The topological polar surface area (TPSA) is 94.2 Å². The molecule has 32 heavy (non-hydrogen) atoms. The van der Waals surface area contributed by atoms with Crippen LogP contribution in [-0.2, 0) is 13.0 Å². The number of carbonyl (C=O) groups is 1. The van der Waals surface area contributed by atoms with Gasteiger partial charge in [-0.25, -0.2) is 9.37 Å². The van der Waals surface area contributed by atoms with Gasteiger partial charge < -0.3 is 15.2 Å². The minimum absolute atomic E-state index is 0.0653. The maximum absolute atomic E-state index is 14.3. The minimum Gasteiger partial charge on any atom is -0.365 e. The van der Waals surface area contributed by atoms with Crippen LogP contribution in [0.3, 0.4) is 0 Å². The number of hydrogen-bond donors (Lipinski definition) is 2. The lowest BCUT2D eigenvalue weighted by molar-refractivity contribution is 0.0953. The van der Waals surface area contributed by atoms with E-state index in [0.717, 1.165) is 35.2 Å². The van der Waals surface area contributed by atoms with Gasteiger partial charge in [0.25, 0.3) is 11.5 Å². The molecule has 1 saturated heterocycles. The normalized spacial score (nSPS) is 17.0. The molecule has 3 aromatic heterocycles. The molecule has 2 N–H and O–H groups in total. The summed E-state index contributed by atoms with van der Waals surface area (Å²) in [6.45, 7) is 7.01. The summed E-state index contributed by atoms with van der Waals surface area (Å²) >= 11 is 0. The van der Waals surface area contributed by atoms with Crippen LogP contribution in [0.4, 0.5) is 10.1 Å². The van der Waals surface area contributed by atoms with Gasteiger partial charge in [-0.05, 0) is 31.0 Å². The Morgan fingerprint density at radius 2 is 2.06 bits per heavy atom. The molecule has 9 heteroatoms. The van der Waals surface area contributed by atoms with E-state index < -0.39 is 11.7 Å². The summed E-state index contributed by atoms with van der Waals surface area (Å²) in [7, 11) is 1.45. The van der Waals surface area contributed by atoms with E-state index >= 15 is 0 Å². The number of amides is 1. The molecular formula is C23H27FN6O2. The van der Waals surface area contributed by atoms with E-state index in [1.807, 2.05) is 25.3 Å². The van der Waals surface area contributed by atoms with Gasteiger partial charge in [-0.1, -0.05) is 6.92 Å². The van der Waals surface area contributed by atoms with Crippen molar-refractivity contribution in [1.82, 2.24) is 25.2 Å². The number of H-pyrrole nitrogens is 1. The number of fused-ring (bicyclic) bond motifs is 1. The lowest BCUT2D eigenvalue weighted by atomic mass is 10.1. The van der Waals surface area contributed by atoms with Crippen molar-refractivity contribution in [3.05, 3.63) is 63.6 Å². The molecule has 0 bridgehead atoms. The predicted octanol–water partition coefficient (Wildman–Crippen LogP) is 2.09.